The van der Waals surface area contributed by atoms with E-state index in [1.54, 1.807) is 19.2 Å². The van der Waals surface area contributed by atoms with Gasteiger partial charge >= 0.3 is 7.12 Å². The minimum Gasteiger partial charge on any atom is -0.481 e. The molecule has 1 N–H and O–H groups in total. The summed E-state index contributed by atoms with van der Waals surface area (Å²) >= 11 is 0. The summed E-state index contributed by atoms with van der Waals surface area (Å²) in [6, 6.07) is 3.48. The molecule has 1 rings (SSSR count). The molecule has 1 aromatic heterocycles. The highest BCUT2D eigenvalue weighted by Crippen LogP contribution is 2.14. The van der Waals surface area contributed by atoms with Gasteiger partial charge in [0.2, 0.25) is 5.88 Å². The number of hydrogen-bond donors (Lipinski definition) is 1. The van der Waals surface area contributed by atoms with Gasteiger partial charge < -0.3 is 14.4 Å². The lowest BCUT2D eigenvalue weighted by molar-refractivity contribution is 0.340. The Kier molecular flexibility index (Phi) is 4.11. The largest absolute Gasteiger partial charge is 0.492 e. The van der Waals surface area contributed by atoms with Crippen molar-refractivity contribution in [1.29, 1.82) is 0 Å². The first kappa shape index (κ1) is 12.0. The van der Waals surface area contributed by atoms with Crippen LogP contribution < -0.4 is 10.2 Å². The number of pyridine rings is 1. The summed E-state index contributed by atoms with van der Waals surface area (Å²) in [6.45, 7) is 4.02. The van der Waals surface area contributed by atoms with Gasteiger partial charge in [-0.3, -0.25) is 0 Å². The third-order valence-corrected chi connectivity index (χ3v) is 2.18. The van der Waals surface area contributed by atoms with E-state index in [0.29, 0.717) is 11.3 Å². The van der Waals surface area contributed by atoms with Crippen LogP contribution in [0.25, 0.3) is 0 Å². The third-order valence-electron chi connectivity index (χ3n) is 2.18. The zero-order valence-corrected chi connectivity index (χ0v) is 9.52. The molecule has 0 fully saturated rings. The van der Waals surface area contributed by atoms with Gasteiger partial charge in [-0.05, 0) is 12.0 Å². The van der Waals surface area contributed by atoms with Gasteiger partial charge in [0.15, 0.2) is 0 Å². The topological polar surface area (TPSA) is 51.6 Å². The second-order valence-corrected chi connectivity index (χ2v) is 3.57. The Morgan fingerprint density at radius 1 is 1.33 bits per heavy atom. The van der Waals surface area contributed by atoms with Gasteiger partial charge in [0.25, 0.3) is 0 Å². The van der Waals surface area contributed by atoms with Crippen LogP contribution in [0, 0.1) is 0 Å². The van der Waals surface area contributed by atoms with E-state index >= 15 is 0 Å². The lowest BCUT2D eigenvalue weighted by atomic mass is 9.76. The third kappa shape index (κ3) is 2.70. The molecular formula is C10H16BNO3. The van der Waals surface area contributed by atoms with Crippen molar-refractivity contribution in [3.63, 3.8) is 0 Å². The highest BCUT2D eigenvalue weighted by Gasteiger charge is 2.21. The fourth-order valence-corrected chi connectivity index (χ4v) is 1.38. The molecule has 0 bridgehead atoms. The van der Waals surface area contributed by atoms with Crippen LogP contribution in [0.5, 0.6) is 5.88 Å². The number of ether oxygens (including phenoxy) is 1. The first-order valence-corrected chi connectivity index (χ1v) is 4.85. The number of methoxy groups -OCH3 is 1. The number of hydrogen-bond acceptors (Lipinski definition) is 4. The van der Waals surface area contributed by atoms with Crippen molar-refractivity contribution in [3.8, 4) is 5.88 Å². The van der Waals surface area contributed by atoms with Crippen molar-refractivity contribution in [2.75, 3.05) is 14.2 Å². The van der Waals surface area contributed by atoms with E-state index in [2.05, 4.69) is 4.98 Å². The van der Waals surface area contributed by atoms with Crippen molar-refractivity contribution in [3.05, 3.63) is 17.8 Å². The summed E-state index contributed by atoms with van der Waals surface area (Å²) in [6.07, 6.45) is 0. The molecule has 4 nitrogen and oxygen atoms in total. The van der Waals surface area contributed by atoms with Crippen LogP contribution in [0.2, 0.25) is 0 Å². The molecule has 0 saturated carbocycles. The van der Waals surface area contributed by atoms with Crippen LogP contribution in [-0.2, 0) is 4.65 Å². The average molecular weight is 209 g/mol. The standard InChI is InChI=1S/C10H16BNO3/c1-7(2)10-8(11(13)15-4)5-6-9(12-10)14-3/h5-7,13H,1-4H3. The van der Waals surface area contributed by atoms with E-state index in [4.69, 9.17) is 9.39 Å². The predicted octanol–water partition coefficient (Wildman–Crippen LogP) is 0.547. The van der Waals surface area contributed by atoms with Crippen LogP contribution in [0.3, 0.4) is 0 Å². The number of nitrogens with zero attached hydrogens (tertiary/aromatic N) is 1. The molecule has 0 atom stereocenters. The zero-order chi connectivity index (χ0) is 11.4. The van der Waals surface area contributed by atoms with Crippen LogP contribution >= 0.6 is 0 Å². The summed E-state index contributed by atoms with van der Waals surface area (Å²) in [7, 11) is 2.10. The second-order valence-electron chi connectivity index (χ2n) is 3.57. The molecule has 0 spiro atoms. The average Bonchev–Trinajstić information content (AvgIpc) is 2.27. The highest BCUT2D eigenvalue weighted by atomic mass is 16.5. The van der Waals surface area contributed by atoms with E-state index in [-0.39, 0.29) is 5.92 Å². The monoisotopic (exact) mass is 209 g/mol. The minimum atomic E-state index is -0.930. The van der Waals surface area contributed by atoms with E-state index in [9.17, 15) is 5.02 Å². The molecule has 1 heterocycles. The Morgan fingerprint density at radius 2 is 2.00 bits per heavy atom. The molecule has 1 aromatic rings. The first-order chi connectivity index (χ1) is 7.10. The van der Waals surface area contributed by atoms with Crippen LogP contribution in [0.15, 0.2) is 12.1 Å². The molecule has 15 heavy (non-hydrogen) atoms. The second kappa shape index (κ2) is 5.14. The molecule has 0 amide bonds. The normalized spacial score (nSPS) is 10.5. The maximum atomic E-state index is 9.62. The number of rotatable bonds is 4. The van der Waals surface area contributed by atoms with Crippen LogP contribution in [-0.4, -0.2) is 31.3 Å². The molecule has 0 radical (unpaired) electrons. The molecule has 0 aliphatic heterocycles. The molecule has 0 saturated heterocycles. The van der Waals surface area contributed by atoms with E-state index < -0.39 is 7.12 Å². The van der Waals surface area contributed by atoms with Gasteiger partial charge in [-0.25, -0.2) is 4.98 Å². The molecule has 82 valence electrons. The van der Waals surface area contributed by atoms with Gasteiger partial charge in [-0.2, -0.15) is 0 Å². The summed E-state index contributed by atoms with van der Waals surface area (Å²) in [4.78, 5) is 4.30. The van der Waals surface area contributed by atoms with E-state index in [1.165, 1.54) is 7.11 Å². The van der Waals surface area contributed by atoms with Crippen molar-refractivity contribution in [2.24, 2.45) is 0 Å². The van der Waals surface area contributed by atoms with Crippen LogP contribution in [0.4, 0.5) is 0 Å². The Hall–Kier alpha value is -1.07. The maximum Gasteiger partial charge on any atom is 0.492 e. The molecule has 0 aliphatic carbocycles. The predicted molar refractivity (Wildman–Crippen MR) is 59.5 cm³/mol. The fraction of sp³-hybridized carbons (Fsp3) is 0.500. The zero-order valence-electron chi connectivity index (χ0n) is 9.52. The van der Waals surface area contributed by atoms with Gasteiger partial charge in [0, 0.05) is 18.3 Å². The van der Waals surface area contributed by atoms with E-state index in [0.717, 1.165) is 5.69 Å². The first-order valence-electron chi connectivity index (χ1n) is 4.85. The SMILES string of the molecule is COB(O)c1ccc(OC)nc1C(C)C. The molecular weight excluding hydrogens is 193 g/mol. The fourth-order valence-electron chi connectivity index (χ4n) is 1.38. The summed E-state index contributed by atoms with van der Waals surface area (Å²) in [5.41, 5.74) is 1.48. The Labute approximate surface area is 90.4 Å². The lowest BCUT2D eigenvalue weighted by Gasteiger charge is -2.13. The minimum absolute atomic E-state index is 0.208. The quantitative estimate of drug-likeness (QED) is 0.735. The van der Waals surface area contributed by atoms with Gasteiger partial charge in [0.1, 0.15) is 0 Å². The summed E-state index contributed by atoms with van der Waals surface area (Å²) in [5.74, 6) is 0.755. The van der Waals surface area contributed by atoms with E-state index in [1.807, 2.05) is 13.8 Å². The molecule has 0 aromatic carbocycles. The van der Waals surface area contributed by atoms with Gasteiger partial charge in [0.05, 0.1) is 7.11 Å². The lowest BCUT2D eigenvalue weighted by Crippen LogP contribution is -2.36. The van der Waals surface area contributed by atoms with Crippen molar-refractivity contribution < 1.29 is 14.4 Å². The molecule has 0 aliphatic rings. The van der Waals surface area contributed by atoms with Crippen LogP contribution in [0.1, 0.15) is 25.5 Å². The Morgan fingerprint density at radius 3 is 2.47 bits per heavy atom. The maximum absolute atomic E-state index is 9.62. The number of aromatic nitrogens is 1. The Bertz CT molecular complexity index is 330. The highest BCUT2D eigenvalue weighted by molar-refractivity contribution is 6.60. The Balaban J connectivity index is 3.15. The smallest absolute Gasteiger partial charge is 0.481 e. The molecule has 0 unspecified atom stereocenters. The van der Waals surface area contributed by atoms with Gasteiger partial charge in [-0.1, -0.05) is 19.9 Å². The van der Waals surface area contributed by atoms with Crippen molar-refractivity contribution >= 4 is 12.6 Å². The van der Waals surface area contributed by atoms with Crippen molar-refractivity contribution in [2.45, 2.75) is 19.8 Å². The van der Waals surface area contributed by atoms with Crippen molar-refractivity contribution in [1.82, 2.24) is 4.98 Å². The molecule has 5 heteroatoms. The van der Waals surface area contributed by atoms with Gasteiger partial charge in [-0.15, -0.1) is 0 Å². The summed E-state index contributed by atoms with van der Waals surface area (Å²) < 4.78 is 9.92. The summed E-state index contributed by atoms with van der Waals surface area (Å²) in [5, 5.41) is 9.62.